The lowest BCUT2D eigenvalue weighted by atomic mass is 10.1. The highest BCUT2D eigenvalue weighted by Gasteiger charge is 2.21. The molecule has 1 heterocycles. The lowest BCUT2D eigenvalue weighted by Gasteiger charge is -2.12. The monoisotopic (exact) mass is 382 g/mol. The summed E-state index contributed by atoms with van der Waals surface area (Å²) in [5.74, 6) is 1.10. The van der Waals surface area contributed by atoms with Crippen molar-refractivity contribution in [3.05, 3.63) is 59.5 Å². The van der Waals surface area contributed by atoms with Crippen LogP contribution in [0.3, 0.4) is 0 Å². The molecule has 0 aliphatic heterocycles. The molecule has 0 radical (unpaired) electrons. The number of ether oxygens (including phenoxy) is 3. The number of carbonyl (C=O) groups is 1. The minimum Gasteiger partial charge on any atom is -0.493 e. The van der Waals surface area contributed by atoms with Crippen LogP contribution in [0.5, 0.6) is 11.5 Å². The molecule has 0 aliphatic rings. The van der Waals surface area contributed by atoms with E-state index in [1.165, 1.54) is 7.11 Å². The SMILES string of the molecule is CCOc1ccc(C(=O)O[C@H](C)c2nnc(-c3ccc(C)cc3)o2)cc1OC. The first-order valence-electron chi connectivity index (χ1n) is 8.94. The molecule has 7 nitrogen and oxygen atoms in total. The summed E-state index contributed by atoms with van der Waals surface area (Å²) in [6.45, 7) is 6.05. The van der Waals surface area contributed by atoms with E-state index in [1.54, 1.807) is 25.1 Å². The standard InChI is InChI=1S/C21H22N2O5/c1-5-26-17-11-10-16(12-18(17)25-4)21(24)27-14(3)19-22-23-20(28-19)15-8-6-13(2)7-9-15/h6-12,14H,5H2,1-4H3/t14-/m1/s1. The Labute approximate surface area is 163 Å². The van der Waals surface area contributed by atoms with E-state index in [1.807, 2.05) is 38.1 Å². The molecular formula is C21H22N2O5. The van der Waals surface area contributed by atoms with Crippen LogP contribution in [-0.4, -0.2) is 29.9 Å². The van der Waals surface area contributed by atoms with Crippen molar-refractivity contribution in [3.63, 3.8) is 0 Å². The molecule has 0 saturated carbocycles. The first-order valence-corrected chi connectivity index (χ1v) is 8.94. The smallest absolute Gasteiger partial charge is 0.339 e. The Morgan fingerprint density at radius 1 is 1.11 bits per heavy atom. The normalized spacial score (nSPS) is 11.7. The van der Waals surface area contributed by atoms with Crippen LogP contribution < -0.4 is 9.47 Å². The Bertz CT molecular complexity index is 950. The third-order valence-corrected chi connectivity index (χ3v) is 4.07. The zero-order chi connectivity index (χ0) is 20.1. The number of carbonyl (C=O) groups excluding carboxylic acids is 1. The first kappa shape index (κ1) is 19.4. The fourth-order valence-corrected chi connectivity index (χ4v) is 2.56. The number of nitrogens with zero attached hydrogens (tertiary/aromatic N) is 2. The number of esters is 1. The highest BCUT2D eigenvalue weighted by molar-refractivity contribution is 5.90. The van der Waals surface area contributed by atoms with Gasteiger partial charge in [0.2, 0.25) is 5.89 Å². The Hall–Kier alpha value is -3.35. The van der Waals surface area contributed by atoms with Crippen molar-refractivity contribution < 1.29 is 23.4 Å². The van der Waals surface area contributed by atoms with Crippen LogP contribution >= 0.6 is 0 Å². The van der Waals surface area contributed by atoms with Crippen molar-refractivity contribution in [1.82, 2.24) is 10.2 Å². The molecule has 0 saturated heterocycles. The molecule has 28 heavy (non-hydrogen) atoms. The zero-order valence-electron chi connectivity index (χ0n) is 16.3. The van der Waals surface area contributed by atoms with E-state index in [9.17, 15) is 4.79 Å². The molecule has 1 aromatic heterocycles. The van der Waals surface area contributed by atoms with Gasteiger partial charge in [0.1, 0.15) is 0 Å². The van der Waals surface area contributed by atoms with Gasteiger partial charge in [-0.15, -0.1) is 10.2 Å². The van der Waals surface area contributed by atoms with Crippen LogP contribution in [0, 0.1) is 6.92 Å². The predicted molar refractivity (Wildman–Crippen MR) is 102 cm³/mol. The molecule has 3 rings (SSSR count). The van der Waals surface area contributed by atoms with Crippen molar-refractivity contribution in [2.45, 2.75) is 26.9 Å². The van der Waals surface area contributed by atoms with Crippen LogP contribution in [0.25, 0.3) is 11.5 Å². The molecule has 0 unspecified atom stereocenters. The molecule has 0 aliphatic carbocycles. The van der Waals surface area contributed by atoms with Gasteiger partial charge in [0, 0.05) is 5.56 Å². The Balaban J connectivity index is 1.71. The van der Waals surface area contributed by atoms with Crippen LogP contribution in [0.2, 0.25) is 0 Å². The fraction of sp³-hybridized carbons (Fsp3) is 0.286. The molecule has 0 bridgehead atoms. The summed E-state index contributed by atoms with van der Waals surface area (Å²) in [5.41, 5.74) is 2.28. The van der Waals surface area contributed by atoms with Crippen LogP contribution in [0.4, 0.5) is 0 Å². The summed E-state index contributed by atoms with van der Waals surface area (Å²) < 4.78 is 21.8. The maximum absolute atomic E-state index is 12.5. The summed E-state index contributed by atoms with van der Waals surface area (Å²) in [5, 5.41) is 8.03. The Morgan fingerprint density at radius 2 is 1.86 bits per heavy atom. The van der Waals surface area contributed by atoms with Crippen molar-refractivity contribution in [3.8, 4) is 23.0 Å². The molecule has 0 N–H and O–H groups in total. The van der Waals surface area contributed by atoms with Crippen LogP contribution in [-0.2, 0) is 4.74 Å². The number of benzene rings is 2. The first-order chi connectivity index (χ1) is 13.5. The quantitative estimate of drug-likeness (QED) is 0.561. The lowest BCUT2D eigenvalue weighted by Crippen LogP contribution is -2.10. The van der Waals surface area contributed by atoms with E-state index >= 15 is 0 Å². The average molecular weight is 382 g/mol. The largest absolute Gasteiger partial charge is 0.493 e. The molecule has 1 atom stereocenters. The number of aryl methyl sites for hydroxylation is 1. The molecule has 2 aromatic carbocycles. The van der Waals surface area contributed by atoms with Crippen LogP contribution in [0.15, 0.2) is 46.9 Å². The number of rotatable bonds is 7. The molecule has 3 aromatic rings. The molecule has 0 spiro atoms. The van der Waals surface area contributed by atoms with Gasteiger partial charge in [-0.05, 0) is 51.1 Å². The second-order valence-corrected chi connectivity index (χ2v) is 6.16. The van der Waals surface area contributed by atoms with E-state index in [0.717, 1.165) is 11.1 Å². The highest BCUT2D eigenvalue weighted by atomic mass is 16.6. The highest BCUT2D eigenvalue weighted by Crippen LogP contribution is 2.29. The van der Waals surface area contributed by atoms with E-state index < -0.39 is 12.1 Å². The van der Waals surface area contributed by atoms with Gasteiger partial charge in [0.05, 0.1) is 19.3 Å². The van der Waals surface area contributed by atoms with Gasteiger partial charge in [0.25, 0.3) is 5.89 Å². The van der Waals surface area contributed by atoms with Gasteiger partial charge < -0.3 is 18.6 Å². The third kappa shape index (κ3) is 4.31. The summed E-state index contributed by atoms with van der Waals surface area (Å²) in [6.07, 6.45) is -0.697. The molecule has 146 valence electrons. The maximum atomic E-state index is 12.5. The van der Waals surface area contributed by atoms with E-state index in [2.05, 4.69) is 10.2 Å². The van der Waals surface area contributed by atoms with Gasteiger partial charge in [-0.1, -0.05) is 17.7 Å². The number of hydrogen-bond donors (Lipinski definition) is 0. The summed E-state index contributed by atoms with van der Waals surface area (Å²) >= 11 is 0. The lowest BCUT2D eigenvalue weighted by molar-refractivity contribution is 0.0279. The fourth-order valence-electron chi connectivity index (χ4n) is 2.56. The molecular weight excluding hydrogens is 360 g/mol. The number of methoxy groups -OCH3 is 1. The molecule has 0 fully saturated rings. The third-order valence-electron chi connectivity index (χ3n) is 4.07. The van der Waals surface area contributed by atoms with Crippen molar-refractivity contribution >= 4 is 5.97 Å². The number of hydrogen-bond acceptors (Lipinski definition) is 7. The second-order valence-electron chi connectivity index (χ2n) is 6.16. The van der Waals surface area contributed by atoms with E-state index in [4.69, 9.17) is 18.6 Å². The van der Waals surface area contributed by atoms with Crippen LogP contribution in [0.1, 0.15) is 41.8 Å². The zero-order valence-corrected chi connectivity index (χ0v) is 16.3. The Morgan fingerprint density at radius 3 is 2.54 bits per heavy atom. The second kappa shape index (κ2) is 8.56. The summed E-state index contributed by atoms with van der Waals surface area (Å²) in [7, 11) is 1.51. The van der Waals surface area contributed by atoms with Gasteiger partial charge in [-0.2, -0.15) is 0 Å². The molecule has 7 heteroatoms. The van der Waals surface area contributed by atoms with Crippen molar-refractivity contribution in [2.75, 3.05) is 13.7 Å². The number of aromatic nitrogens is 2. The maximum Gasteiger partial charge on any atom is 0.339 e. The van der Waals surface area contributed by atoms with Gasteiger partial charge in [-0.25, -0.2) is 4.79 Å². The Kier molecular flexibility index (Phi) is 5.93. The van der Waals surface area contributed by atoms with E-state index in [0.29, 0.717) is 29.6 Å². The topological polar surface area (TPSA) is 83.7 Å². The van der Waals surface area contributed by atoms with Gasteiger partial charge in [-0.3, -0.25) is 0 Å². The van der Waals surface area contributed by atoms with Crippen molar-refractivity contribution in [2.24, 2.45) is 0 Å². The van der Waals surface area contributed by atoms with E-state index in [-0.39, 0.29) is 5.89 Å². The molecule has 0 amide bonds. The summed E-state index contributed by atoms with van der Waals surface area (Å²) in [6, 6.07) is 12.6. The van der Waals surface area contributed by atoms with Gasteiger partial charge >= 0.3 is 5.97 Å². The minimum absolute atomic E-state index is 0.224. The van der Waals surface area contributed by atoms with Gasteiger partial charge in [0.15, 0.2) is 17.6 Å². The van der Waals surface area contributed by atoms with Crippen molar-refractivity contribution in [1.29, 1.82) is 0 Å². The summed E-state index contributed by atoms with van der Waals surface area (Å²) in [4.78, 5) is 12.5. The average Bonchev–Trinajstić information content (AvgIpc) is 3.19. The predicted octanol–water partition coefficient (Wildman–Crippen LogP) is 4.37. The minimum atomic E-state index is -0.697.